The Hall–Kier alpha value is -1.44. The Bertz CT molecular complexity index is 555. The van der Waals surface area contributed by atoms with Gasteiger partial charge in [-0.3, -0.25) is 4.79 Å². The van der Waals surface area contributed by atoms with Crippen molar-refractivity contribution in [2.75, 3.05) is 7.05 Å². The second-order valence-electron chi connectivity index (χ2n) is 5.30. The molecule has 0 atom stereocenters. The fourth-order valence-corrected chi connectivity index (χ4v) is 3.01. The second kappa shape index (κ2) is 6.34. The van der Waals surface area contributed by atoms with Crippen molar-refractivity contribution in [1.82, 2.24) is 9.03 Å². The molecule has 20 heavy (non-hydrogen) atoms. The quantitative estimate of drug-likeness (QED) is 0.792. The highest BCUT2D eigenvalue weighted by atomic mass is 32.2. The van der Waals surface area contributed by atoms with Crippen LogP contribution in [0, 0.1) is 0 Å². The van der Waals surface area contributed by atoms with Crippen LogP contribution >= 0.6 is 0 Å². The van der Waals surface area contributed by atoms with E-state index in [1.807, 2.05) is 30.3 Å². The van der Waals surface area contributed by atoms with Gasteiger partial charge in [0.25, 0.3) is 10.2 Å². The zero-order valence-electron chi connectivity index (χ0n) is 11.8. The molecule has 0 saturated heterocycles. The Labute approximate surface area is 119 Å². The van der Waals surface area contributed by atoms with Crippen LogP contribution in [0.2, 0.25) is 0 Å². The van der Waals surface area contributed by atoms with Gasteiger partial charge >= 0.3 is 5.97 Å². The van der Waals surface area contributed by atoms with Gasteiger partial charge < -0.3 is 5.11 Å². The second-order valence-corrected chi connectivity index (χ2v) is 7.08. The van der Waals surface area contributed by atoms with E-state index in [9.17, 15) is 13.2 Å². The molecule has 6 nitrogen and oxygen atoms in total. The first kappa shape index (κ1) is 16.6. The maximum absolute atomic E-state index is 12.2. The molecule has 0 amide bonds. The van der Waals surface area contributed by atoms with Crippen LogP contribution in [0.1, 0.15) is 25.8 Å². The maximum Gasteiger partial charge on any atom is 0.305 e. The minimum absolute atomic E-state index is 0.222. The van der Waals surface area contributed by atoms with Crippen LogP contribution in [0.4, 0.5) is 0 Å². The van der Waals surface area contributed by atoms with Crippen molar-refractivity contribution in [2.24, 2.45) is 0 Å². The number of rotatable bonds is 7. The van der Waals surface area contributed by atoms with Gasteiger partial charge in [-0.2, -0.15) is 17.4 Å². The summed E-state index contributed by atoms with van der Waals surface area (Å²) in [7, 11) is -2.29. The van der Waals surface area contributed by atoms with Crippen LogP contribution in [-0.2, 0) is 21.5 Å². The number of nitrogens with one attached hydrogen (secondary N) is 1. The lowest BCUT2D eigenvalue weighted by Crippen LogP contribution is -2.50. The van der Waals surface area contributed by atoms with Gasteiger partial charge in [0, 0.05) is 19.1 Å². The predicted molar refractivity (Wildman–Crippen MR) is 76.3 cm³/mol. The normalized spacial score (nSPS) is 12.6. The first-order valence-corrected chi connectivity index (χ1v) is 7.57. The number of hydrogen-bond donors (Lipinski definition) is 2. The lowest BCUT2D eigenvalue weighted by molar-refractivity contribution is -0.138. The largest absolute Gasteiger partial charge is 0.481 e. The summed E-state index contributed by atoms with van der Waals surface area (Å²) in [5.41, 5.74) is -0.188. The molecule has 0 aromatic heterocycles. The molecular weight excluding hydrogens is 280 g/mol. The highest BCUT2D eigenvalue weighted by Crippen LogP contribution is 2.13. The molecule has 0 fully saturated rings. The lowest BCUT2D eigenvalue weighted by Gasteiger charge is -2.27. The Morgan fingerprint density at radius 1 is 1.30 bits per heavy atom. The van der Waals surface area contributed by atoms with Gasteiger partial charge in [-0.15, -0.1) is 0 Å². The molecule has 112 valence electrons. The molecule has 1 rings (SSSR count). The van der Waals surface area contributed by atoms with Gasteiger partial charge in [-0.05, 0) is 19.4 Å². The lowest BCUT2D eigenvalue weighted by atomic mass is 10.0. The van der Waals surface area contributed by atoms with Crippen molar-refractivity contribution in [3.8, 4) is 0 Å². The van der Waals surface area contributed by atoms with Crippen molar-refractivity contribution in [3.63, 3.8) is 0 Å². The molecule has 7 heteroatoms. The average Bonchev–Trinajstić information content (AvgIpc) is 2.26. The zero-order chi connectivity index (χ0) is 15.4. The van der Waals surface area contributed by atoms with Crippen molar-refractivity contribution in [3.05, 3.63) is 35.9 Å². The summed E-state index contributed by atoms with van der Waals surface area (Å²) in [5, 5.41) is 8.77. The number of carbonyl (C=O) groups is 1. The molecule has 2 N–H and O–H groups in total. The fraction of sp³-hybridized carbons (Fsp3) is 0.462. The van der Waals surface area contributed by atoms with E-state index in [0.717, 1.165) is 9.87 Å². The van der Waals surface area contributed by atoms with Crippen LogP contribution in [0.25, 0.3) is 0 Å². The molecule has 0 unspecified atom stereocenters. The van der Waals surface area contributed by atoms with E-state index in [-0.39, 0.29) is 13.0 Å². The summed E-state index contributed by atoms with van der Waals surface area (Å²) in [6.45, 7) is 3.30. The maximum atomic E-state index is 12.2. The zero-order valence-corrected chi connectivity index (χ0v) is 12.6. The third-order valence-electron chi connectivity index (χ3n) is 2.66. The van der Waals surface area contributed by atoms with Gasteiger partial charge in [0.05, 0.1) is 6.42 Å². The van der Waals surface area contributed by atoms with Gasteiger partial charge in [-0.1, -0.05) is 30.3 Å². The van der Waals surface area contributed by atoms with E-state index in [0.29, 0.717) is 0 Å². The number of aliphatic carboxylic acids is 1. The summed E-state index contributed by atoms with van der Waals surface area (Å²) in [6.07, 6.45) is -0.286. The molecule has 0 aliphatic heterocycles. The van der Waals surface area contributed by atoms with Gasteiger partial charge in [0.2, 0.25) is 0 Å². The third kappa shape index (κ3) is 5.28. The van der Waals surface area contributed by atoms with Gasteiger partial charge in [0.15, 0.2) is 0 Å². The highest BCUT2D eigenvalue weighted by molar-refractivity contribution is 7.87. The first-order chi connectivity index (χ1) is 9.12. The molecule has 0 heterocycles. The van der Waals surface area contributed by atoms with Gasteiger partial charge in [-0.25, -0.2) is 0 Å². The van der Waals surface area contributed by atoms with E-state index < -0.39 is 21.7 Å². The number of hydrogen-bond acceptors (Lipinski definition) is 3. The van der Waals surface area contributed by atoms with Crippen LogP contribution in [0.5, 0.6) is 0 Å². The minimum atomic E-state index is -3.74. The van der Waals surface area contributed by atoms with Gasteiger partial charge in [0.1, 0.15) is 0 Å². The molecule has 1 aromatic carbocycles. The predicted octanol–water partition coefficient (Wildman–Crippen LogP) is 1.21. The number of carboxylic acid groups (broad SMARTS) is 1. The molecule has 0 saturated carbocycles. The Morgan fingerprint density at radius 3 is 2.35 bits per heavy atom. The highest BCUT2D eigenvalue weighted by Gasteiger charge is 2.29. The standard InChI is InChI=1S/C13H20N2O4S/c1-13(2,9-12(16)17)14-20(18,19)15(3)10-11-7-5-4-6-8-11/h4-8,14H,9-10H2,1-3H3,(H,16,17). The van der Waals surface area contributed by atoms with E-state index in [1.165, 1.54) is 20.9 Å². The first-order valence-electron chi connectivity index (χ1n) is 6.13. The molecule has 0 aliphatic carbocycles. The summed E-state index contributed by atoms with van der Waals surface area (Å²) < 4.78 is 27.9. The monoisotopic (exact) mass is 300 g/mol. The van der Waals surface area contributed by atoms with Crippen molar-refractivity contribution < 1.29 is 18.3 Å². The van der Waals surface area contributed by atoms with Crippen LogP contribution in [0.3, 0.4) is 0 Å². The molecule has 1 aromatic rings. The van der Waals surface area contributed by atoms with Crippen LogP contribution in [0.15, 0.2) is 30.3 Å². The number of nitrogens with zero attached hydrogens (tertiary/aromatic N) is 1. The summed E-state index contributed by atoms with van der Waals surface area (Å²) in [6, 6.07) is 9.17. The van der Waals surface area contributed by atoms with Crippen molar-refractivity contribution in [2.45, 2.75) is 32.4 Å². The SMILES string of the molecule is CN(Cc1ccccc1)S(=O)(=O)NC(C)(C)CC(=O)O. The minimum Gasteiger partial charge on any atom is -0.481 e. The van der Waals surface area contributed by atoms with Crippen molar-refractivity contribution >= 4 is 16.2 Å². The molecule has 0 bridgehead atoms. The topological polar surface area (TPSA) is 86.7 Å². The fourth-order valence-electron chi connectivity index (χ4n) is 1.77. The van der Waals surface area contributed by atoms with E-state index in [1.54, 1.807) is 0 Å². The Morgan fingerprint density at radius 2 is 1.85 bits per heavy atom. The molecule has 0 spiro atoms. The van der Waals surface area contributed by atoms with E-state index >= 15 is 0 Å². The smallest absolute Gasteiger partial charge is 0.305 e. The van der Waals surface area contributed by atoms with Crippen LogP contribution < -0.4 is 4.72 Å². The molecular formula is C13H20N2O4S. The summed E-state index contributed by atoms with van der Waals surface area (Å²) in [4.78, 5) is 10.7. The number of benzene rings is 1. The summed E-state index contributed by atoms with van der Waals surface area (Å²) in [5.74, 6) is -1.05. The average molecular weight is 300 g/mol. The molecule has 0 radical (unpaired) electrons. The van der Waals surface area contributed by atoms with Crippen molar-refractivity contribution in [1.29, 1.82) is 0 Å². The number of carboxylic acids is 1. The molecule has 0 aliphatic rings. The van der Waals surface area contributed by atoms with E-state index in [2.05, 4.69) is 4.72 Å². The summed E-state index contributed by atoms with van der Waals surface area (Å²) >= 11 is 0. The Balaban J connectivity index is 2.75. The Kier molecular flexibility index (Phi) is 5.27. The van der Waals surface area contributed by atoms with Crippen LogP contribution in [-0.4, -0.2) is 36.4 Å². The van der Waals surface area contributed by atoms with E-state index in [4.69, 9.17) is 5.11 Å². The third-order valence-corrected chi connectivity index (χ3v) is 4.42.